The van der Waals surface area contributed by atoms with Gasteiger partial charge in [0.25, 0.3) is 0 Å². The summed E-state index contributed by atoms with van der Waals surface area (Å²) in [5.41, 5.74) is 0.805. The molecule has 0 amide bonds. The molecule has 0 radical (unpaired) electrons. The van der Waals surface area contributed by atoms with Crippen molar-refractivity contribution in [3.63, 3.8) is 0 Å². The molecule has 0 saturated carbocycles. The molecule has 126 valence electrons. The second-order valence-electron chi connectivity index (χ2n) is 5.35. The monoisotopic (exact) mass is 341 g/mol. The van der Waals surface area contributed by atoms with Crippen LogP contribution in [0.15, 0.2) is 71.8 Å². The predicted molar refractivity (Wildman–Crippen MR) is 94.3 cm³/mol. The zero-order chi connectivity index (χ0) is 18.9. The number of benzene rings is 2. The van der Waals surface area contributed by atoms with E-state index in [9.17, 15) is 20.6 Å². The molecule has 0 aliphatic heterocycles. The van der Waals surface area contributed by atoms with E-state index in [4.69, 9.17) is 4.74 Å². The molecule has 2 rings (SSSR count). The second-order valence-corrected chi connectivity index (χ2v) is 5.35. The van der Waals surface area contributed by atoms with Gasteiger partial charge in [-0.05, 0) is 5.56 Å². The Labute approximate surface area is 152 Å². The average Bonchev–Trinajstić information content (AvgIpc) is 2.71. The van der Waals surface area contributed by atoms with E-state index in [2.05, 4.69) is 0 Å². The largest absolute Gasteiger partial charge is 0.372 e. The van der Waals surface area contributed by atoms with Gasteiger partial charge < -0.3 is 4.74 Å². The molecule has 0 bridgehead atoms. The Balaban J connectivity index is 2.74. The molecule has 0 aliphatic rings. The van der Waals surface area contributed by atoms with Gasteiger partial charge >= 0.3 is 0 Å². The van der Waals surface area contributed by atoms with Gasteiger partial charge in [0.2, 0.25) is 0 Å². The summed E-state index contributed by atoms with van der Waals surface area (Å²) in [6, 6.07) is 22.7. The van der Waals surface area contributed by atoms with Crippen LogP contribution in [-0.4, -0.2) is 12.9 Å². The number of Topliss-reactive ketones (excluding diaryl/α,β-unsaturated/α-hetero) is 1. The minimum Gasteiger partial charge on any atom is -0.372 e. The van der Waals surface area contributed by atoms with Crippen LogP contribution in [0.3, 0.4) is 0 Å². The molecule has 2 aromatic rings. The quantitative estimate of drug-likeness (QED) is 0.453. The molecule has 0 aliphatic carbocycles. The molecular weight excluding hydrogens is 326 g/mol. The van der Waals surface area contributed by atoms with Crippen molar-refractivity contribution in [2.75, 3.05) is 7.11 Å². The van der Waals surface area contributed by atoms with Crippen molar-refractivity contribution in [1.82, 2.24) is 0 Å². The molecule has 26 heavy (non-hydrogen) atoms. The lowest BCUT2D eigenvalue weighted by atomic mass is 9.86. The lowest BCUT2D eigenvalue weighted by Crippen LogP contribution is -2.18. The van der Waals surface area contributed by atoms with Gasteiger partial charge in [-0.15, -0.1) is 0 Å². The van der Waals surface area contributed by atoms with Crippen molar-refractivity contribution in [1.29, 1.82) is 15.8 Å². The minimum atomic E-state index is -1.36. The van der Waals surface area contributed by atoms with Crippen LogP contribution in [0.25, 0.3) is 0 Å². The Morgan fingerprint density at radius 1 is 0.923 bits per heavy atom. The Morgan fingerprint density at radius 3 is 1.92 bits per heavy atom. The van der Waals surface area contributed by atoms with E-state index in [1.165, 1.54) is 7.11 Å². The molecular formula is C21H15N3O2. The molecule has 0 fully saturated rings. The fourth-order valence-electron chi connectivity index (χ4n) is 2.61. The Bertz CT molecular complexity index is 915. The van der Waals surface area contributed by atoms with Crippen LogP contribution in [0.2, 0.25) is 0 Å². The first kappa shape index (κ1) is 18.6. The predicted octanol–water partition coefficient (Wildman–Crippen LogP) is 3.74. The van der Waals surface area contributed by atoms with E-state index < -0.39 is 17.8 Å². The minimum absolute atomic E-state index is 0.000463. The highest BCUT2D eigenvalue weighted by Gasteiger charge is 2.31. The fourth-order valence-corrected chi connectivity index (χ4v) is 2.61. The van der Waals surface area contributed by atoms with Crippen molar-refractivity contribution in [2.45, 2.75) is 6.10 Å². The van der Waals surface area contributed by atoms with Crippen LogP contribution in [-0.2, 0) is 4.74 Å². The number of hydrogen-bond acceptors (Lipinski definition) is 5. The van der Waals surface area contributed by atoms with Crippen LogP contribution in [0.4, 0.5) is 0 Å². The molecule has 2 aromatic carbocycles. The number of carbonyl (C=O) groups excluding carboxylic acids is 1. The topological polar surface area (TPSA) is 97.7 Å². The van der Waals surface area contributed by atoms with Gasteiger partial charge in [0.1, 0.15) is 6.10 Å². The lowest BCUT2D eigenvalue weighted by Gasteiger charge is -2.21. The highest BCUT2D eigenvalue weighted by atomic mass is 16.5. The molecule has 1 unspecified atom stereocenters. The lowest BCUT2D eigenvalue weighted by molar-refractivity contribution is 0.0919. The first-order valence-corrected chi connectivity index (χ1v) is 7.78. The zero-order valence-electron chi connectivity index (χ0n) is 14.1. The third kappa shape index (κ3) is 3.84. The summed E-state index contributed by atoms with van der Waals surface area (Å²) in [6.07, 6.45) is -0.872. The van der Waals surface area contributed by atoms with Crippen molar-refractivity contribution < 1.29 is 9.53 Å². The maximum Gasteiger partial charge on any atom is 0.193 e. The molecule has 0 aromatic heterocycles. The van der Waals surface area contributed by atoms with Crippen LogP contribution in [0.5, 0.6) is 0 Å². The number of methoxy groups -OCH3 is 1. The number of nitrogens with zero attached hydrogens (tertiary/aromatic N) is 3. The van der Waals surface area contributed by atoms with Gasteiger partial charge in [-0.3, -0.25) is 4.79 Å². The Morgan fingerprint density at radius 2 is 1.46 bits per heavy atom. The third-order valence-corrected chi connectivity index (χ3v) is 3.84. The summed E-state index contributed by atoms with van der Waals surface area (Å²) >= 11 is 0. The fraction of sp³-hybridized carbons (Fsp3) is 0.143. The van der Waals surface area contributed by atoms with Crippen LogP contribution in [0, 0.1) is 39.9 Å². The molecule has 0 spiro atoms. The van der Waals surface area contributed by atoms with Crippen molar-refractivity contribution >= 4 is 5.78 Å². The van der Waals surface area contributed by atoms with Crippen molar-refractivity contribution in [3.8, 4) is 18.2 Å². The van der Waals surface area contributed by atoms with Gasteiger partial charge in [-0.2, -0.15) is 15.8 Å². The normalized spacial score (nSPS) is 12.3. The van der Waals surface area contributed by atoms with E-state index in [0.29, 0.717) is 11.1 Å². The Kier molecular flexibility index (Phi) is 6.40. The summed E-state index contributed by atoms with van der Waals surface area (Å²) < 4.78 is 5.51. The SMILES string of the molecule is COC(/C(C(=O)c1ccccc1)=C(\C#N)C(C#N)C#N)c1ccccc1. The van der Waals surface area contributed by atoms with Crippen molar-refractivity contribution in [2.24, 2.45) is 5.92 Å². The summed E-state index contributed by atoms with van der Waals surface area (Å²) in [6.45, 7) is 0. The standard InChI is InChI=1S/C21H15N3O2/c1-26-21(16-10-6-3-7-11-16)19(18(14-24)17(12-22)13-23)20(25)15-8-4-2-5-9-15/h2-11,17,21H,1H3/b19-18+. The van der Waals surface area contributed by atoms with Gasteiger partial charge in [0, 0.05) is 18.2 Å². The van der Waals surface area contributed by atoms with Gasteiger partial charge in [-0.25, -0.2) is 0 Å². The number of allylic oxidation sites excluding steroid dienone is 1. The summed E-state index contributed by atoms with van der Waals surface area (Å²) in [5, 5.41) is 28.1. The molecule has 0 saturated heterocycles. The number of nitriles is 3. The van der Waals surface area contributed by atoms with Gasteiger partial charge in [0.15, 0.2) is 11.7 Å². The highest BCUT2D eigenvalue weighted by Crippen LogP contribution is 2.32. The van der Waals surface area contributed by atoms with Crippen molar-refractivity contribution in [3.05, 3.63) is 82.9 Å². The first-order chi connectivity index (χ1) is 12.7. The number of rotatable bonds is 6. The summed E-state index contributed by atoms with van der Waals surface area (Å²) in [5.74, 6) is -1.81. The van der Waals surface area contributed by atoms with Gasteiger partial charge in [0.05, 0.1) is 23.8 Å². The maximum atomic E-state index is 13.1. The average molecular weight is 341 g/mol. The van der Waals surface area contributed by atoms with E-state index in [1.807, 2.05) is 12.1 Å². The number of ether oxygens (including phenoxy) is 1. The highest BCUT2D eigenvalue weighted by molar-refractivity contribution is 6.10. The summed E-state index contributed by atoms with van der Waals surface area (Å²) in [4.78, 5) is 13.1. The van der Waals surface area contributed by atoms with E-state index in [1.54, 1.807) is 66.7 Å². The maximum absolute atomic E-state index is 13.1. The van der Waals surface area contributed by atoms with Crippen LogP contribution < -0.4 is 0 Å². The van der Waals surface area contributed by atoms with Crippen LogP contribution in [0.1, 0.15) is 22.0 Å². The van der Waals surface area contributed by atoms with Crippen LogP contribution >= 0.6 is 0 Å². The number of carbonyl (C=O) groups is 1. The number of hydrogen-bond donors (Lipinski definition) is 0. The molecule has 5 heteroatoms. The Hall–Kier alpha value is -3.72. The molecule has 5 nitrogen and oxygen atoms in total. The third-order valence-electron chi connectivity index (χ3n) is 3.84. The zero-order valence-corrected chi connectivity index (χ0v) is 14.1. The second kappa shape index (κ2) is 8.94. The van der Waals surface area contributed by atoms with E-state index >= 15 is 0 Å². The smallest absolute Gasteiger partial charge is 0.193 e. The summed E-state index contributed by atoms with van der Waals surface area (Å²) in [7, 11) is 1.42. The molecule has 0 heterocycles. The molecule has 0 N–H and O–H groups in total. The van der Waals surface area contributed by atoms with E-state index in [-0.39, 0.29) is 11.1 Å². The van der Waals surface area contributed by atoms with Gasteiger partial charge in [-0.1, -0.05) is 60.7 Å². The molecule has 1 atom stereocenters. The first-order valence-electron chi connectivity index (χ1n) is 7.78. The number of ketones is 1. The van der Waals surface area contributed by atoms with E-state index in [0.717, 1.165) is 0 Å².